The highest BCUT2D eigenvalue weighted by Crippen LogP contribution is 2.31. The second-order valence-corrected chi connectivity index (χ2v) is 3.67. The molecule has 0 bridgehead atoms. The summed E-state index contributed by atoms with van der Waals surface area (Å²) in [5, 5.41) is 13.5. The number of hydrogen-bond donors (Lipinski definition) is 2. The van der Waals surface area contributed by atoms with E-state index in [2.05, 4.69) is 9.37 Å². The Hall–Kier alpha value is -1.27. The molecule has 0 aromatic heterocycles. The number of nitrogens with two attached hydrogens (primary N) is 1. The zero-order valence-electron chi connectivity index (χ0n) is 7.71. The molecular formula is C10H9NO3S. The van der Waals surface area contributed by atoms with Crippen molar-refractivity contribution in [3.63, 3.8) is 0 Å². The van der Waals surface area contributed by atoms with Gasteiger partial charge in [0.15, 0.2) is 0 Å². The molecule has 2 rings (SSSR count). The van der Waals surface area contributed by atoms with E-state index in [9.17, 15) is 0 Å². The van der Waals surface area contributed by atoms with Gasteiger partial charge < -0.3 is 5.73 Å². The van der Waals surface area contributed by atoms with Crippen molar-refractivity contribution in [1.29, 1.82) is 0 Å². The van der Waals surface area contributed by atoms with Gasteiger partial charge in [0.1, 0.15) is 0 Å². The second-order valence-electron chi connectivity index (χ2n) is 2.92. The van der Waals surface area contributed by atoms with Crippen molar-refractivity contribution in [3.8, 4) is 0 Å². The van der Waals surface area contributed by atoms with Gasteiger partial charge in [-0.25, -0.2) is 5.26 Å². The van der Waals surface area contributed by atoms with E-state index in [1.165, 1.54) is 0 Å². The molecule has 0 amide bonds. The predicted octanol–water partition coefficient (Wildman–Crippen LogP) is 2.85. The Bertz CT molecular complexity index is 475. The van der Waals surface area contributed by atoms with Gasteiger partial charge in [0.2, 0.25) is 0 Å². The molecule has 0 saturated carbocycles. The lowest BCUT2D eigenvalue weighted by Crippen LogP contribution is -1.87. The summed E-state index contributed by atoms with van der Waals surface area (Å²) in [6.07, 6.45) is 0. The summed E-state index contributed by atoms with van der Waals surface area (Å²) in [6.45, 7) is 0. The Morgan fingerprint density at radius 3 is 2.60 bits per heavy atom. The van der Waals surface area contributed by atoms with Gasteiger partial charge in [0, 0.05) is 16.0 Å². The molecule has 0 aliphatic rings. The summed E-state index contributed by atoms with van der Waals surface area (Å²) >= 11 is 0.931. The number of benzene rings is 2. The fraction of sp³-hybridized carbons (Fsp3) is 0. The standard InChI is InChI=1S/C10H9NO3S/c11-9-5-1-4-8-7(9)3-2-6-10(8)15-14-13-12/h1-6,12H,11H2. The van der Waals surface area contributed by atoms with E-state index in [4.69, 9.17) is 11.0 Å². The van der Waals surface area contributed by atoms with Crippen LogP contribution >= 0.6 is 12.0 Å². The smallest absolute Gasteiger partial charge is 0.0721 e. The van der Waals surface area contributed by atoms with E-state index in [0.29, 0.717) is 5.69 Å². The topological polar surface area (TPSA) is 64.7 Å². The summed E-state index contributed by atoms with van der Waals surface area (Å²) in [4.78, 5) is 0.828. The first-order valence-electron chi connectivity index (χ1n) is 4.25. The van der Waals surface area contributed by atoms with Gasteiger partial charge >= 0.3 is 0 Å². The first-order chi connectivity index (χ1) is 7.33. The van der Waals surface area contributed by atoms with E-state index in [-0.39, 0.29) is 0 Å². The first kappa shape index (κ1) is 10.3. The normalized spacial score (nSPS) is 10.7. The highest BCUT2D eigenvalue weighted by atomic mass is 32.2. The first-order valence-corrected chi connectivity index (χ1v) is 4.99. The Balaban J connectivity index is 2.51. The van der Waals surface area contributed by atoms with Crippen molar-refractivity contribution in [2.45, 2.75) is 4.90 Å². The molecule has 0 saturated heterocycles. The zero-order valence-corrected chi connectivity index (χ0v) is 8.53. The minimum atomic E-state index is 0.708. The van der Waals surface area contributed by atoms with E-state index >= 15 is 0 Å². The van der Waals surface area contributed by atoms with Crippen LogP contribution in [0, 0.1) is 0 Å². The lowest BCUT2D eigenvalue weighted by atomic mass is 10.1. The van der Waals surface area contributed by atoms with E-state index in [1.807, 2.05) is 36.4 Å². The van der Waals surface area contributed by atoms with Crippen LogP contribution in [0.2, 0.25) is 0 Å². The van der Waals surface area contributed by atoms with Gasteiger partial charge in [-0.1, -0.05) is 29.3 Å². The molecule has 0 aliphatic carbocycles. The maximum absolute atomic E-state index is 8.09. The molecule has 0 aliphatic heterocycles. The number of nitrogen functional groups attached to an aromatic ring is 1. The molecule has 2 aromatic carbocycles. The average Bonchev–Trinajstić information content (AvgIpc) is 2.27. The third-order valence-electron chi connectivity index (χ3n) is 2.07. The van der Waals surface area contributed by atoms with Gasteiger partial charge in [-0.05, 0) is 17.5 Å². The van der Waals surface area contributed by atoms with Crippen LogP contribution in [-0.2, 0) is 9.37 Å². The predicted molar refractivity (Wildman–Crippen MR) is 59.0 cm³/mol. The number of hydrogen-bond acceptors (Lipinski definition) is 5. The second kappa shape index (κ2) is 4.50. The minimum Gasteiger partial charge on any atom is -0.398 e. The van der Waals surface area contributed by atoms with Crippen LogP contribution in [-0.4, -0.2) is 5.26 Å². The van der Waals surface area contributed by atoms with Crippen LogP contribution in [0.5, 0.6) is 0 Å². The lowest BCUT2D eigenvalue weighted by molar-refractivity contribution is -0.432. The molecular weight excluding hydrogens is 214 g/mol. The molecule has 0 atom stereocenters. The van der Waals surface area contributed by atoms with E-state index in [1.54, 1.807) is 0 Å². The molecule has 3 N–H and O–H groups in total. The quantitative estimate of drug-likeness (QED) is 0.362. The summed E-state index contributed by atoms with van der Waals surface area (Å²) in [5.74, 6) is 0. The number of anilines is 1. The Kier molecular flexibility index (Phi) is 3.08. The Morgan fingerprint density at radius 2 is 1.80 bits per heavy atom. The third-order valence-corrected chi connectivity index (χ3v) is 2.73. The van der Waals surface area contributed by atoms with Crippen LogP contribution in [0.25, 0.3) is 10.8 Å². The molecule has 0 spiro atoms. The summed E-state index contributed by atoms with van der Waals surface area (Å²) < 4.78 is 4.40. The van der Waals surface area contributed by atoms with E-state index in [0.717, 1.165) is 27.7 Å². The van der Waals surface area contributed by atoms with Crippen molar-refractivity contribution in [1.82, 2.24) is 0 Å². The fourth-order valence-corrected chi connectivity index (χ4v) is 1.94. The largest absolute Gasteiger partial charge is 0.398 e. The fourth-order valence-electron chi connectivity index (χ4n) is 1.43. The highest BCUT2D eigenvalue weighted by Gasteiger charge is 2.04. The van der Waals surface area contributed by atoms with Gasteiger partial charge in [0.05, 0.1) is 12.0 Å². The van der Waals surface area contributed by atoms with Gasteiger partial charge in [-0.2, -0.15) is 0 Å². The van der Waals surface area contributed by atoms with Crippen molar-refractivity contribution < 1.29 is 14.6 Å². The summed E-state index contributed by atoms with van der Waals surface area (Å²) in [7, 11) is 0. The maximum Gasteiger partial charge on any atom is 0.0721 e. The zero-order chi connectivity index (χ0) is 10.7. The summed E-state index contributed by atoms with van der Waals surface area (Å²) in [6, 6.07) is 11.3. The van der Waals surface area contributed by atoms with Crippen LogP contribution < -0.4 is 5.73 Å². The monoisotopic (exact) mass is 223 g/mol. The van der Waals surface area contributed by atoms with Crippen molar-refractivity contribution in [3.05, 3.63) is 36.4 Å². The molecule has 78 valence electrons. The van der Waals surface area contributed by atoms with Crippen LogP contribution in [0.1, 0.15) is 0 Å². The van der Waals surface area contributed by atoms with Crippen LogP contribution in [0.15, 0.2) is 41.3 Å². The molecule has 0 unspecified atom stereocenters. The molecule has 0 heterocycles. The maximum atomic E-state index is 8.09. The average molecular weight is 223 g/mol. The minimum absolute atomic E-state index is 0.708. The highest BCUT2D eigenvalue weighted by molar-refractivity contribution is 7.94. The third kappa shape index (κ3) is 2.05. The molecule has 0 fully saturated rings. The van der Waals surface area contributed by atoms with Gasteiger partial charge in [-0.3, -0.25) is 0 Å². The van der Waals surface area contributed by atoms with Crippen LogP contribution in [0.3, 0.4) is 0 Å². The SMILES string of the molecule is Nc1cccc2c(SOOO)cccc12. The lowest BCUT2D eigenvalue weighted by Gasteiger charge is -2.05. The molecule has 2 aromatic rings. The van der Waals surface area contributed by atoms with Crippen molar-refractivity contribution >= 4 is 28.5 Å². The van der Waals surface area contributed by atoms with Gasteiger partial charge in [-0.15, -0.1) is 4.33 Å². The van der Waals surface area contributed by atoms with E-state index < -0.39 is 0 Å². The Labute approximate surface area is 90.7 Å². The number of fused-ring (bicyclic) bond motifs is 1. The van der Waals surface area contributed by atoms with Gasteiger partial charge in [0.25, 0.3) is 0 Å². The van der Waals surface area contributed by atoms with Crippen molar-refractivity contribution in [2.24, 2.45) is 0 Å². The molecule has 5 heteroatoms. The molecule has 0 radical (unpaired) electrons. The molecule has 15 heavy (non-hydrogen) atoms. The van der Waals surface area contributed by atoms with Crippen molar-refractivity contribution in [2.75, 3.05) is 5.73 Å². The number of rotatable bonds is 3. The molecule has 4 nitrogen and oxygen atoms in total. The van der Waals surface area contributed by atoms with Crippen LogP contribution in [0.4, 0.5) is 5.69 Å². The Morgan fingerprint density at radius 1 is 1.07 bits per heavy atom. The summed E-state index contributed by atoms with van der Waals surface area (Å²) in [5.41, 5.74) is 6.53.